The molecule has 0 radical (unpaired) electrons. The molecule has 1 N–H and O–H groups in total. The van der Waals surface area contributed by atoms with Crippen molar-refractivity contribution in [3.8, 4) is 11.5 Å². The molecular formula is C19H17N3O4. The number of carbonyl (C=O) groups is 1. The first-order valence-electron chi connectivity index (χ1n) is 8.32. The second-order valence-electron chi connectivity index (χ2n) is 5.88. The van der Waals surface area contributed by atoms with Crippen LogP contribution < -0.4 is 20.2 Å². The Morgan fingerprint density at radius 1 is 1.27 bits per heavy atom. The topological polar surface area (TPSA) is 82.5 Å². The van der Waals surface area contributed by atoms with E-state index < -0.39 is 5.91 Å². The van der Waals surface area contributed by atoms with Crippen LogP contribution in [0.4, 0.5) is 0 Å². The van der Waals surface area contributed by atoms with Crippen molar-refractivity contribution in [3.63, 3.8) is 0 Å². The van der Waals surface area contributed by atoms with E-state index in [0.29, 0.717) is 28.9 Å². The summed E-state index contributed by atoms with van der Waals surface area (Å²) in [7, 11) is 0. The van der Waals surface area contributed by atoms with E-state index in [0.717, 1.165) is 5.69 Å². The second kappa shape index (κ2) is 6.51. The molecule has 0 aliphatic carbocycles. The minimum absolute atomic E-state index is 0.0918. The number of hydrogen-bond donors (Lipinski definition) is 1. The smallest absolute Gasteiger partial charge is 0.257 e. The van der Waals surface area contributed by atoms with Crippen LogP contribution in [0.3, 0.4) is 0 Å². The van der Waals surface area contributed by atoms with Crippen molar-refractivity contribution in [2.24, 2.45) is 0 Å². The number of pyridine rings is 2. The van der Waals surface area contributed by atoms with Crippen LogP contribution in [0.2, 0.25) is 0 Å². The largest absolute Gasteiger partial charge is 0.454 e. The van der Waals surface area contributed by atoms with E-state index in [-0.39, 0.29) is 24.3 Å². The minimum atomic E-state index is -0.428. The van der Waals surface area contributed by atoms with Gasteiger partial charge in [-0.15, -0.1) is 0 Å². The predicted octanol–water partition coefficient (Wildman–Crippen LogP) is 2.08. The van der Waals surface area contributed by atoms with Gasteiger partial charge in [0.25, 0.3) is 5.91 Å². The number of nitrogens with one attached hydrogen (secondary N) is 1. The highest BCUT2D eigenvalue weighted by atomic mass is 16.7. The highest BCUT2D eigenvalue weighted by Crippen LogP contribution is 2.35. The molecule has 7 heteroatoms. The van der Waals surface area contributed by atoms with Gasteiger partial charge in [-0.2, -0.15) is 0 Å². The molecule has 1 amide bonds. The quantitative estimate of drug-likeness (QED) is 0.778. The maximum Gasteiger partial charge on any atom is 0.257 e. The molecule has 0 fully saturated rings. The molecule has 1 aliphatic rings. The average molecular weight is 351 g/mol. The predicted molar refractivity (Wildman–Crippen MR) is 95.4 cm³/mol. The summed E-state index contributed by atoms with van der Waals surface area (Å²) in [4.78, 5) is 29.6. The number of benzene rings is 1. The SMILES string of the molecule is CCn1cc(C(=O)NCc2ccccn2)c(=O)c2cc3c(cc21)OCO3. The molecule has 7 nitrogen and oxygen atoms in total. The normalized spacial score (nSPS) is 12.3. The molecule has 0 spiro atoms. The third kappa shape index (κ3) is 2.77. The van der Waals surface area contributed by atoms with Gasteiger partial charge in [0, 0.05) is 25.0 Å². The lowest BCUT2D eigenvalue weighted by Crippen LogP contribution is -2.29. The van der Waals surface area contributed by atoms with Gasteiger partial charge in [0.15, 0.2) is 11.5 Å². The Kier molecular flexibility index (Phi) is 4.04. The van der Waals surface area contributed by atoms with Crippen molar-refractivity contribution in [1.29, 1.82) is 0 Å². The van der Waals surface area contributed by atoms with Crippen molar-refractivity contribution >= 4 is 16.8 Å². The van der Waals surface area contributed by atoms with E-state index in [1.54, 1.807) is 30.6 Å². The average Bonchev–Trinajstić information content (AvgIpc) is 3.13. The highest BCUT2D eigenvalue weighted by molar-refractivity contribution is 5.97. The Bertz CT molecular complexity index is 1040. The standard InChI is InChI=1S/C19H17N3O4/c1-2-22-10-14(19(24)21-9-12-5-3-4-6-20-12)18(23)13-7-16-17(8-15(13)22)26-11-25-16/h3-8,10H,2,9,11H2,1H3,(H,21,24). The zero-order valence-corrected chi connectivity index (χ0v) is 14.2. The number of ether oxygens (including phenoxy) is 2. The zero-order chi connectivity index (χ0) is 18.1. The van der Waals surface area contributed by atoms with Gasteiger partial charge in [-0.05, 0) is 25.1 Å². The van der Waals surface area contributed by atoms with Crippen LogP contribution in [0.1, 0.15) is 23.0 Å². The molecule has 0 saturated heterocycles. The van der Waals surface area contributed by atoms with Gasteiger partial charge in [0.2, 0.25) is 12.2 Å². The van der Waals surface area contributed by atoms with E-state index in [2.05, 4.69) is 10.3 Å². The van der Waals surface area contributed by atoms with Crippen LogP contribution in [-0.4, -0.2) is 22.3 Å². The molecule has 26 heavy (non-hydrogen) atoms. The molecule has 0 unspecified atom stereocenters. The fourth-order valence-corrected chi connectivity index (χ4v) is 2.97. The monoisotopic (exact) mass is 351 g/mol. The van der Waals surface area contributed by atoms with Gasteiger partial charge in [-0.1, -0.05) is 6.07 Å². The second-order valence-corrected chi connectivity index (χ2v) is 5.88. The van der Waals surface area contributed by atoms with E-state index in [4.69, 9.17) is 9.47 Å². The number of fused-ring (bicyclic) bond motifs is 2. The van der Waals surface area contributed by atoms with Crippen molar-refractivity contribution in [2.75, 3.05) is 6.79 Å². The summed E-state index contributed by atoms with van der Waals surface area (Å²) in [5, 5.41) is 3.19. The molecule has 2 aromatic heterocycles. The molecule has 0 atom stereocenters. The first kappa shape index (κ1) is 16.1. The summed E-state index contributed by atoms with van der Waals surface area (Å²) < 4.78 is 12.6. The highest BCUT2D eigenvalue weighted by Gasteiger charge is 2.20. The van der Waals surface area contributed by atoms with Gasteiger partial charge in [-0.25, -0.2) is 0 Å². The van der Waals surface area contributed by atoms with Crippen molar-refractivity contribution in [1.82, 2.24) is 14.9 Å². The number of hydrogen-bond acceptors (Lipinski definition) is 5. The lowest BCUT2D eigenvalue weighted by Gasteiger charge is -2.12. The Hall–Kier alpha value is -3.35. The summed E-state index contributed by atoms with van der Waals surface area (Å²) >= 11 is 0. The maximum atomic E-state index is 12.9. The Morgan fingerprint density at radius 3 is 2.81 bits per heavy atom. The van der Waals surface area contributed by atoms with Crippen LogP contribution in [0.15, 0.2) is 47.5 Å². The van der Waals surface area contributed by atoms with Gasteiger partial charge in [0.1, 0.15) is 5.56 Å². The van der Waals surface area contributed by atoms with Gasteiger partial charge in [-0.3, -0.25) is 14.6 Å². The number of rotatable bonds is 4. The third-order valence-electron chi connectivity index (χ3n) is 4.32. The number of aromatic nitrogens is 2. The van der Waals surface area contributed by atoms with Gasteiger partial charge >= 0.3 is 0 Å². The van der Waals surface area contributed by atoms with Crippen molar-refractivity contribution in [2.45, 2.75) is 20.0 Å². The maximum absolute atomic E-state index is 12.9. The Balaban J connectivity index is 1.73. The zero-order valence-electron chi connectivity index (χ0n) is 14.2. The summed E-state index contributed by atoms with van der Waals surface area (Å²) in [5.74, 6) is 0.692. The fourth-order valence-electron chi connectivity index (χ4n) is 2.97. The molecular weight excluding hydrogens is 334 g/mol. The third-order valence-corrected chi connectivity index (χ3v) is 4.32. The number of carbonyl (C=O) groups excluding carboxylic acids is 1. The molecule has 4 rings (SSSR count). The Labute approximate surface area is 149 Å². The van der Waals surface area contributed by atoms with Crippen molar-refractivity contribution in [3.05, 3.63) is 64.2 Å². The lowest BCUT2D eigenvalue weighted by molar-refractivity contribution is 0.0949. The molecule has 1 aromatic carbocycles. The minimum Gasteiger partial charge on any atom is -0.454 e. The number of aryl methyl sites for hydroxylation is 1. The van der Waals surface area contributed by atoms with Crippen molar-refractivity contribution < 1.29 is 14.3 Å². The van der Waals surface area contributed by atoms with Crippen LogP contribution in [0, 0.1) is 0 Å². The number of nitrogens with zero attached hydrogens (tertiary/aromatic N) is 2. The van der Waals surface area contributed by atoms with Crippen LogP contribution in [0.5, 0.6) is 11.5 Å². The number of amides is 1. The van der Waals surface area contributed by atoms with E-state index in [9.17, 15) is 9.59 Å². The van der Waals surface area contributed by atoms with Crippen LogP contribution in [-0.2, 0) is 13.1 Å². The van der Waals surface area contributed by atoms with Gasteiger partial charge in [0.05, 0.1) is 23.1 Å². The first-order chi connectivity index (χ1) is 12.7. The molecule has 3 aromatic rings. The van der Waals surface area contributed by atoms with E-state index in [1.165, 1.54) is 0 Å². The van der Waals surface area contributed by atoms with E-state index in [1.807, 2.05) is 23.6 Å². The first-order valence-corrected chi connectivity index (χ1v) is 8.32. The summed E-state index contributed by atoms with van der Waals surface area (Å²) in [6.07, 6.45) is 3.24. The summed E-state index contributed by atoms with van der Waals surface area (Å²) in [6, 6.07) is 8.88. The summed E-state index contributed by atoms with van der Waals surface area (Å²) in [5.41, 5.74) is 1.19. The van der Waals surface area contributed by atoms with Crippen LogP contribution >= 0.6 is 0 Å². The lowest BCUT2D eigenvalue weighted by atomic mass is 10.1. The molecule has 0 bridgehead atoms. The fraction of sp³-hybridized carbons (Fsp3) is 0.211. The summed E-state index contributed by atoms with van der Waals surface area (Å²) in [6.45, 7) is 2.94. The van der Waals surface area contributed by atoms with Crippen LogP contribution in [0.25, 0.3) is 10.9 Å². The molecule has 132 valence electrons. The van der Waals surface area contributed by atoms with E-state index >= 15 is 0 Å². The molecule has 0 saturated carbocycles. The molecule has 3 heterocycles. The Morgan fingerprint density at radius 2 is 2.08 bits per heavy atom. The molecule has 1 aliphatic heterocycles. The van der Waals surface area contributed by atoms with Gasteiger partial charge < -0.3 is 19.4 Å².